The molecule has 0 radical (unpaired) electrons. The van der Waals surface area contributed by atoms with Crippen molar-refractivity contribution in [3.63, 3.8) is 0 Å². The van der Waals surface area contributed by atoms with Gasteiger partial charge in [-0.05, 0) is 48.6 Å². The van der Waals surface area contributed by atoms with E-state index >= 15 is 0 Å². The maximum Gasteiger partial charge on any atom is 0.316 e. The van der Waals surface area contributed by atoms with Gasteiger partial charge < -0.3 is 20.5 Å². The molecule has 1 aromatic heterocycles. The Bertz CT molecular complexity index is 1370. The van der Waals surface area contributed by atoms with E-state index in [2.05, 4.69) is 15.6 Å². The number of nitrogens with zero attached hydrogens (tertiary/aromatic N) is 2. The molecule has 0 amide bonds. The van der Waals surface area contributed by atoms with Gasteiger partial charge in [-0.1, -0.05) is 67.1 Å². The van der Waals surface area contributed by atoms with Crippen LogP contribution in [0, 0.1) is 0 Å². The van der Waals surface area contributed by atoms with Crippen LogP contribution in [0.2, 0.25) is 0 Å². The first-order chi connectivity index (χ1) is 18.1. The average molecular weight is 495 g/mol. The maximum atomic E-state index is 12.4. The monoisotopic (exact) mass is 494 g/mol. The van der Waals surface area contributed by atoms with Crippen molar-refractivity contribution in [3.05, 3.63) is 96.1 Å². The van der Waals surface area contributed by atoms with Gasteiger partial charge in [0.25, 0.3) is 0 Å². The summed E-state index contributed by atoms with van der Waals surface area (Å²) in [6.45, 7) is 0.604. The van der Waals surface area contributed by atoms with Gasteiger partial charge in [0.2, 0.25) is 5.95 Å². The minimum Gasteiger partial charge on any atom is -0.508 e. The molecule has 1 fully saturated rings. The molecule has 4 aromatic rings. The molecule has 7 heteroatoms. The number of esters is 1. The van der Waals surface area contributed by atoms with Crippen LogP contribution in [-0.2, 0) is 21.4 Å². The number of ether oxygens (including phenoxy) is 1. The van der Waals surface area contributed by atoms with E-state index in [-0.39, 0.29) is 5.97 Å². The number of anilines is 3. The summed E-state index contributed by atoms with van der Waals surface area (Å²) in [5.74, 6) is 1.27. The topological polar surface area (TPSA) is 96.4 Å². The molecule has 188 valence electrons. The van der Waals surface area contributed by atoms with Gasteiger partial charge in [-0.25, -0.2) is 4.98 Å². The standard InChI is InChI=1S/C30H30N4O3/c1-37-28(36)30(17-7-18-30)23-12-14-24(15-13-23)32-29-33-25(21-8-3-2-4-9-21)20-27(34-29)31-19-16-22-10-5-6-11-26(22)35/h2-6,8-15,20,35H,7,16-19H2,1H3,(H2,31,32,33,34). The predicted octanol–water partition coefficient (Wildman–Crippen LogP) is 5.84. The summed E-state index contributed by atoms with van der Waals surface area (Å²) in [7, 11) is 1.45. The van der Waals surface area contributed by atoms with E-state index in [0.717, 1.165) is 47.3 Å². The Hall–Kier alpha value is -4.39. The van der Waals surface area contributed by atoms with Crippen molar-refractivity contribution in [3.8, 4) is 17.0 Å². The Kier molecular flexibility index (Phi) is 7.03. The van der Waals surface area contributed by atoms with Crippen LogP contribution in [0.1, 0.15) is 30.4 Å². The van der Waals surface area contributed by atoms with Crippen LogP contribution >= 0.6 is 0 Å². The normalized spacial score (nSPS) is 13.9. The Balaban J connectivity index is 1.36. The number of aromatic nitrogens is 2. The highest BCUT2D eigenvalue weighted by Crippen LogP contribution is 2.45. The summed E-state index contributed by atoms with van der Waals surface area (Å²) >= 11 is 0. The highest BCUT2D eigenvalue weighted by Gasteiger charge is 2.46. The van der Waals surface area contributed by atoms with Crippen molar-refractivity contribution in [1.29, 1.82) is 0 Å². The van der Waals surface area contributed by atoms with Gasteiger partial charge in [0.1, 0.15) is 11.6 Å². The highest BCUT2D eigenvalue weighted by atomic mass is 16.5. The molecule has 0 unspecified atom stereocenters. The van der Waals surface area contributed by atoms with Gasteiger partial charge in [0.15, 0.2) is 0 Å². The van der Waals surface area contributed by atoms with Crippen molar-refractivity contribution in [2.24, 2.45) is 0 Å². The number of methoxy groups -OCH3 is 1. The lowest BCUT2D eigenvalue weighted by Crippen LogP contribution is -2.43. The molecule has 37 heavy (non-hydrogen) atoms. The first-order valence-corrected chi connectivity index (χ1v) is 12.5. The number of hydrogen-bond acceptors (Lipinski definition) is 7. The number of aromatic hydroxyl groups is 1. The van der Waals surface area contributed by atoms with Gasteiger partial charge in [0.05, 0.1) is 18.2 Å². The van der Waals surface area contributed by atoms with Crippen LogP contribution in [0.5, 0.6) is 5.75 Å². The number of carbonyl (C=O) groups is 1. The second kappa shape index (κ2) is 10.7. The molecule has 0 saturated heterocycles. The number of nitrogens with one attached hydrogen (secondary N) is 2. The quantitative estimate of drug-likeness (QED) is 0.252. The third-order valence-electron chi connectivity index (χ3n) is 6.96. The third kappa shape index (κ3) is 5.26. The Morgan fingerprint density at radius 3 is 2.38 bits per heavy atom. The van der Waals surface area contributed by atoms with E-state index in [4.69, 9.17) is 9.72 Å². The lowest BCUT2D eigenvalue weighted by molar-refractivity contribution is -0.151. The van der Waals surface area contributed by atoms with E-state index in [1.165, 1.54) is 7.11 Å². The molecule has 1 aliphatic carbocycles. The summed E-state index contributed by atoms with van der Waals surface area (Å²) < 4.78 is 5.08. The summed E-state index contributed by atoms with van der Waals surface area (Å²) in [5, 5.41) is 16.7. The van der Waals surface area contributed by atoms with Gasteiger partial charge in [-0.3, -0.25) is 4.79 Å². The summed E-state index contributed by atoms with van der Waals surface area (Å²) in [6, 6.07) is 27.1. The van der Waals surface area contributed by atoms with E-state index in [1.807, 2.05) is 78.9 Å². The second-order valence-electron chi connectivity index (χ2n) is 9.26. The maximum absolute atomic E-state index is 12.4. The molecule has 1 heterocycles. The Morgan fingerprint density at radius 1 is 0.973 bits per heavy atom. The summed E-state index contributed by atoms with van der Waals surface area (Å²) in [5.41, 5.74) is 3.93. The third-order valence-corrected chi connectivity index (χ3v) is 6.96. The molecule has 5 rings (SSSR count). The van der Waals surface area contributed by atoms with Gasteiger partial charge in [-0.15, -0.1) is 0 Å². The fourth-order valence-electron chi connectivity index (χ4n) is 4.74. The van der Waals surface area contributed by atoms with E-state index < -0.39 is 5.41 Å². The molecule has 1 saturated carbocycles. The van der Waals surface area contributed by atoms with Crippen molar-refractivity contribution in [1.82, 2.24) is 9.97 Å². The zero-order valence-electron chi connectivity index (χ0n) is 20.8. The number of carbonyl (C=O) groups excluding carboxylic acids is 1. The van der Waals surface area contributed by atoms with Crippen LogP contribution in [0.15, 0.2) is 84.9 Å². The Morgan fingerprint density at radius 2 is 1.70 bits per heavy atom. The predicted molar refractivity (Wildman–Crippen MR) is 145 cm³/mol. The van der Waals surface area contributed by atoms with Crippen molar-refractivity contribution >= 4 is 23.4 Å². The van der Waals surface area contributed by atoms with Crippen molar-refractivity contribution < 1.29 is 14.6 Å². The molecule has 0 atom stereocenters. The zero-order chi connectivity index (χ0) is 25.7. The number of benzene rings is 3. The Labute approximate surface area is 216 Å². The fourth-order valence-corrected chi connectivity index (χ4v) is 4.74. The fraction of sp³-hybridized carbons (Fsp3) is 0.233. The van der Waals surface area contributed by atoms with Gasteiger partial charge in [0, 0.05) is 23.9 Å². The lowest BCUT2D eigenvalue weighted by Gasteiger charge is -2.39. The number of rotatable bonds is 9. The molecule has 3 N–H and O–H groups in total. The molecule has 0 spiro atoms. The molecule has 0 bridgehead atoms. The van der Waals surface area contributed by atoms with E-state index in [9.17, 15) is 9.90 Å². The minimum absolute atomic E-state index is 0.169. The zero-order valence-corrected chi connectivity index (χ0v) is 20.8. The number of phenolic OH excluding ortho intramolecular Hbond substituents is 1. The van der Waals surface area contributed by atoms with Crippen molar-refractivity contribution in [2.75, 3.05) is 24.3 Å². The van der Waals surface area contributed by atoms with Crippen LogP contribution < -0.4 is 10.6 Å². The average Bonchev–Trinajstić information content (AvgIpc) is 2.90. The molecular formula is C30H30N4O3. The van der Waals surface area contributed by atoms with E-state index in [1.54, 1.807) is 6.07 Å². The number of hydrogen-bond donors (Lipinski definition) is 3. The van der Waals surface area contributed by atoms with E-state index in [0.29, 0.717) is 30.5 Å². The van der Waals surface area contributed by atoms with Crippen LogP contribution in [0.3, 0.4) is 0 Å². The molecule has 7 nitrogen and oxygen atoms in total. The first-order valence-electron chi connectivity index (χ1n) is 12.5. The largest absolute Gasteiger partial charge is 0.508 e. The SMILES string of the molecule is COC(=O)C1(c2ccc(Nc3nc(NCCc4ccccc4O)cc(-c4ccccc4)n3)cc2)CCC1. The molecular weight excluding hydrogens is 464 g/mol. The first kappa shape index (κ1) is 24.3. The van der Waals surface area contributed by atoms with Crippen LogP contribution in [-0.4, -0.2) is 34.7 Å². The number of phenols is 1. The van der Waals surface area contributed by atoms with Gasteiger partial charge in [-0.2, -0.15) is 4.98 Å². The molecule has 0 aliphatic heterocycles. The summed E-state index contributed by atoms with van der Waals surface area (Å²) in [6.07, 6.45) is 3.30. The second-order valence-corrected chi connectivity index (χ2v) is 9.26. The number of para-hydroxylation sites is 1. The van der Waals surface area contributed by atoms with Gasteiger partial charge >= 0.3 is 5.97 Å². The molecule has 3 aromatic carbocycles. The van der Waals surface area contributed by atoms with Crippen molar-refractivity contribution in [2.45, 2.75) is 31.1 Å². The van der Waals surface area contributed by atoms with Crippen LogP contribution in [0.25, 0.3) is 11.3 Å². The summed E-state index contributed by atoms with van der Waals surface area (Å²) in [4.78, 5) is 21.8. The molecule has 1 aliphatic rings. The highest BCUT2D eigenvalue weighted by molar-refractivity contribution is 5.84. The smallest absolute Gasteiger partial charge is 0.316 e. The van der Waals surface area contributed by atoms with Crippen LogP contribution in [0.4, 0.5) is 17.5 Å². The lowest BCUT2D eigenvalue weighted by atomic mass is 9.64. The minimum atomic E-state index is -0.527.